The Labute approximate surface area is 113 Å². The van der Waals surface area contributed by atoms with Crippen LogP contribution in [0, 0.1) is 11.7 Å². The van der Waals surface area contributed by atoms with Crippen LogP contribution in [-0.2, 0) is 6.54 Å². The molecule has 2 atom stereocenters. The van der Waals surface area contributed by atoms with E-state index in [4.69, 9.17) is 5.11 Å². The van der Waals surface area contributed by atoms with E-state index in [-0.39, 0.29) is 5.56 Å². The van der Waals surface area contributed by atoms with E-state index in [0.717, 1.165) is 12.1 Å². The van der Waals surface area contributed by atoms with Gasteiger partial charge in [-0.1, -0.05) is 13.0 Å². The zero-order valence-electron chi connectivity index (χ0n) is 11.4. The number of carbonyl (C=O) groups is 1. The smallest absolute Gasteiger partial charge is 0.338 e. The van der Waals surface area contributed by atoms with Crippen molar-refractivity contribution < 1.29 is 14.3 Å². The second-order valence-electron chi connectivity index (χ2n) is 5.45. The Bertz CT molecular complexity index is 475. The second-order valence-corrected chi connectivity index (χ2v) is 5.45. The van der Waals surface area contributed by atoms with Crippen LogP contribution in [0.2, 0.25) is 0 Å². The molecular weight excluding hydrogens is 245 g/mol. The third-order valence-corrected chi connectivity index (χ3v) is 4.15. The number of benzene rings is 1. The topological polar surface area (TPSA) is 40.5 Å². The van der Waals surface area contributed by atoms with Gasteiger partial charge < -0.3 is 5.11 Å². The van der Waals surface area contributed by atoms with Crippen molar-refractivity contribution in [2.45, 2.75) is 39.3 Å². The summed E-state index contributed by atoms with van der Waals surface area (Å²) < 4.78 is 13.3. The van der Waals surface area contributed by atoms with E-state index in [1.165, 1.54) is 25.0 Å². The fourth-order valence-electron chi connectivity index (χ4n) is 2.71. The van der Waals surface area contributed by atoms with Crippen molar-refractivity contribution >= 4 is 5.97 Å². The van der Waals surface area contributed by atoms with Crippen molar-refractivity contribution in [3.05, 3.63) is 35.1 Å². The molecule has 2 rings (SSSR count). The number of carboxylic acid groups (broad SMARTS) is 1. The first kappa shape index (κ1) is 14.0. The lowest BCUT2D eigenvalue weighted by Gasteiger charge is -2.38. The molecule has 0 radical (unpaired) electrons. The van der Waals surface area contributed by atoms with E-state index < -0.39 is 11.8 Å². The molecule has 1 heterocycles. The molecule has 0 saturated carbocycles. The standard InChI is InChI=1S/C15H20FNO2/c1-10-4-3-7-17(11(10)2)9-12-5-6-14(16)13(8-12)15(18)19/h5-6,8,10-11H,3-4,7,9H2,1-2H3,(H,18,19). The van der Waals surface area contributed by atoms with Gasteiger partial charge in [0.1, 0.15) is 5.82 Å². The Morgan fingerprint density at radius 3 is 2.89 bits per heavy atom. The minimum Gasteiger partial charge on any atom is -0.478 e. The van der Waals surface area contributed by atoms with Gasteiger partial charge in [-0.05, 0) is 49.9 Å². The lowest BCUT2D eigenvalue weighted by molar-refractivity contribution is 0.0691. The highest BCUT2D eigenvalue weighted by molar-refractivity contribution is 5.88. The van der Waals surface area contributed by atoms with E-state index in [1.807, 2.05) is 0 Å². The fourth-order valence-corrected chi connectivity index (χ4v) is 2.71. The van der Waals surface area contributed by atoms with Gasteiger partial charge in [0.05, 0.1) is 5.56 Å². The molecule has 1 aliphatic rings. The van der Waals surface area contributed by atoms with E-state index in [2.05, 4.69) is 18.7 Å². The number of nitrogens with zero attached hydrogens (tertiary/aromatic N) is 1. The molecule has 4 heteroatoms. The number of carboxylic acids is 1. The summed E-state index contributed by atoms with van der Waals surface area (Å²) in [6.07, 6.45) is 2.40. The molecule has 0 aliphatic carbocycles. The van der Waals surface area contributed by atoms with Crippen LogP contribution in [0.25, 0.3) is 0 Å². The lowest BCUT2D eigenvalue weighted by atomic mass is 9.91. The van der Waals surface area contributed by atoms with Crippen molar-refractivity contribution in [3.8, 4) is 0 Å². The van der Waals surface area contributed by atoms with Crippen molar-refractivity contribution in [1.82, 2.24) is 4.90 Å². The van der Waals surface area contributed by atoms with Gasteiger partial charge in [0.2, 0.25) is 0 Å². The van der Waals surface area contributed by atoms with Crippen LogP contribution < -0.4 is 0 Å². The highest BCUT2D eigenvalue weighted by atomic mass is 19.1. The van der Waals surface area contributed by atoms with Crippen LogP contribution in [0.1, 0.15) is 42.6 Å². The first-order chi connectivity index (χ1) is 8.99. The molecule has 2 unspecified atom stereocenters. The molecule has 1 aromatic carbocycles. The molecule has 1 N–H and O–H groups in total. The molecule has 0 amide bonds. The van der Waals surface area contributed by atoms with Crippen molar-refractivity contribution in [1.29, 1.82) is 0 Å². The summed E-state index contributed by atoms with van der Waals surface area (Å²) in [7, 11) is 0. The molecule has 1 saturated heterocycles. The minimum absolute atomic E-state index is 0.241. The number of hydrogen-bond donors (Lipinski definition) is 1. The number of likely N-dealkylation sites (tertiary alicyclic amines) is 1. The normalized spacial score (nSPS) is 24.4. The van der Waals surface area contributed by atoms with E-state index in [1.54, 1.807) is 6.07 Å². The first-order valence-electron chi connectivity index (χ1n) is 6.75. The maximum absolute atomic E-state index is 13.3. The number of halogens is 1. The highest BCUT2D eigenvalue weighted by Crippen LogP contribution is 2.24. The molecule has 1 aromatic rings. The minimum atomic E-state index is -1.21. The zero-order valence-corrected chi connectivity index (χ0v) is 11.4. The van der Waals surface area contributed by atoms with Gasteiger partial charge in [-0.15, -0.1) is 0 Å². The molecule has 3 nitrogen and oxygen atoms in total. The third-order valence-electron chi connectivity index (χ3n) is 4.15. The van der Waals surface area contributed by atoms with Gasteiger partial charge in [-0.25, -0.2) is 9.18 Å². The van der Waals surface area contributed by atoms with Crippen LogP contribution >= 0.6 is 0 Å². The summed E-state index contributed by atoms with van der Waals surface area (Å²) in [5.74, 6) is -1.23. The predicted molar refractivity (Wildman–Crippen MR) is 71.6 cm³/mol. The van der Waals surface area contributed by atoms with Crippen molar-refractivity contribution in [3.63, 3.8) is 0 Å². The van der Waals surface area contributed by atoms with E-state index >= 15 is 0 Å². The van der Waals surface area contributed by atoms with Crippen LogP contribution in [0.4, 0.5) is 4.39 Å². The van der Waals surface area contributed by atoms with Crippen molar-refractivity contribution in [2.75, 3.05) is 6.54 Å². The number of rotatable bonds is 3. The molecule has 19 heavy (non-hydrogen) atoms. The summed E-state index contributed by atoms with van der Waals surface area (Å²) in [6.45, 7) is 6.15. The third kappa shape index (κ3) is 3.13. The van der Waals surface area contributed by atoms with E-state index in [0.29, 0.717) is 18.5 Å². The van der Waals surface area contributed by atoms with Gasteiger partial charge in [-0.3, -0.25) is 4.90 Å². The van der Waals surface area contributed by atoms with Crippen LogP contribution in [-0.4, -0.2) is 28.6 Å². The van der Waals surface area contributed by atoms with Gasteiger partial charge in [-0.2, -0.15) is 0 Å². The number of hydrogen-bond acceptors (Lipinski definition) is 2. The van der Waals surface area contributed by atoms with Crippen LogP contribution in [0.15, 0.2) is 18.2 Å². The first-order valence-corrected chi connectivity index (χ1v) is 6.75. The Balaban J connectivity index is 2.15. The average molecular weight is 265 g/mol. The molecule has 104 valence electrons. The molecule has 0 spiro atoms. The summed E-state index contributed by atoms with van der Waals surface area (Å²) in [5, 5.41) is 8.94. The molecule has 1 fully saturated rings. The Morgan fingerprint density at radius 1 is 1.47 bits per heavy atom. The van der Waals surface area contributed by atoms with E-state index in [9.17, 15) is 9.18 Å². The zero-order chi connectivity index (χ0) is 14.0. The maximum atomic E-state index is 13.3. The summed E-state index contributed by atoms with van der Waals surface area (Å²) in [5.41, 5.74) is 0.620. The van der Waals surface area contributed by atoms with Crippen LogP contribution in [0.5, 0.6) is 0 Å². The second kappa shape index (κ2) is 5.70. The van der Waals surface area contributed by atoms with Gasteiger partial charge in [0, 0.05) is 12.6 Å². The molecule has 0 bridgehead atoms. The highest BCUT2D eigenvalue weighted by Gasteiger charge is 2.24. The molecular formula is C15H20FNO2. The van der Waals surface area contributed by atoms with Gasteiger partial charge in [0.15, 0.2) is 0 Å². The molecule has 0 aromatic heterocycles. The molecule has 1 aliphatic heterocycles. The SMILES string of the molecule is CC1CCCN(Cc2ccc(F)c(C(=O)O)c2)C1C. The average Bonchev–Trinajstić information content (AvgIpc) is 2.37. The lowest BCUT2D eigenvalue weighted by Crippen LogP contribution is -2.41. The Kier molecular flexibility index (Phi) is 4.20. The number of piperidine rings is 1. The summed E-state index contributed by atoms with van der Waals surface area (Å²) in [4.78, 5) is 13.3. The maximum Gasteiger partial charge on any atom is 0.338 e. The van der Waals surface area contributed by atoms with Gasteiger partial charge >= 0.3 is 5.97 Å². The Morgan fingerprint density at radius 2 is 2.21 bits per heavy atom. The van der Waals surface area contributed by atoms with Crippen molar-refractivity contribution in [2.24, 2.45) is 5.92 Å². The van der Waals surface area contributed by atoms with Gasteiger partial charge in [0.25, 0.3) is 0 Å². The monoisotopic (exact) mass is 265 g/mol. The summed E-state index contributed by atoms with van der Waals surface area (Å²) in [6, 6.07) is 4.85. The fraction of sp³-hybridized carbons (Fsp3) is 0.533. The quantitative estimate of drug-likeness (QED) is 0.912. The van der Waals surface area contributed by atoms with Crippen LogP contribution in [0.3, 0.4) is 0 Å². The number of aromatic carboxylic acids is 1. The predicted octanol–water partition coefficient (Wildman–Crippen LogP) is 3.14. The largest absolute Gasteiger partial charge is 0.478 e. The Hall–Kier alpha value is -1.42. The summed E-state index contributed by atoms with van der Waals surface area (Å²) >= 11 is 0.